The Labute approximate surface area is 77.7 Å². The number of aliphatic hydroxyl groups excluding tert-OH is 1. The highest BCUT2D eigenvalue weighted by molar-refractivity contribution is 7.87. The molecule has 0 spiro atoms. The molecule has 6 nitrogen and oxygen atoms in total. The van der Waals surface area contributed by atoms with E-state index in [1.165, 1.54) is 11.2 Å². The van der Waals surface area contributed by atoms with Crippen molar-refractivity contribution in [3.8, 4) is 0 Å². The van der Waals surface area contributed by atoms with Crippen LogP contribution in [0.4, 0.5) is 0 Å². The Morgan fingerprint density at radius 2 is 2.00 bits per heavy atom. The van der Waals surface area contributed by atoms with Crippen LogP contribution in [0.25, 0.3) is 0 Å². The van der Waals surface area contributed by atoms with Crippen molar-refractivity contribution in [2.45, 2.75) is 13.2 Å². The fourth-order valence-corrected chi connectivity index (χ4v) is 2.29. The number of aliphatic hydroxyl groups is 1. The quantitative estimate of drug-likeness (QED) is 0.555. The summed E-state index contributed by atoms with van der Waals surface area (Å²) in [5.74, 6) is 0. The van der Waals surface area contributed by atoms with E-state index in [0.717, 1.165) is 0 Å². The highest BCUT2D eigenvalue weighted by atomic mass is 32.2. The van der Waals surface area contributed by atoms with Crippen LogP contribution < -0.4 is 4.72 Å². The van der Waals surface area contributed by atoms with Crippen LogP contribution in [0.1, 0.15) is 6.92 Å². The van der Waals surface area contributed by atoms with Crippen LogP contribution in [0.2, 0.25) is 0 Å². The summed E-state index contributed by atoms with van der Waals surface area (Å²) in [5, 5.41) is 8.87. The SMILES string of the molecule is CC(O)NS(=O)(=O)N1CCOCC1. The van der Waals surface area contributed by atoms with E-state index in [-0.39, 0.29) is 0 Å². The highest BCUT2D eigenvalue weighted by Gasteiger charge is 2.24. The number of nitrogens with zero attached hydrogens (tertiary/aromatic N) is 1. The van der Waals surface area contributed by atoms with Crippen LogP contribution >= 0.6 is 0 Å². The molecule has 1 heterocycles. The standard InChI is InChI=1S/C6H14N2O4S/c1-6(9)7-13(10,11)8-2-4-12-5-3-8/h6-7,9H,2-5H2,1H3. The first-order valence-electron chi connectivity index (χ1n) is 4.05. The van der Waals surface area contributed by atoms with E-state index in [4.69, 9.17) is 9.84 Å². The summed E-state index contributed by atoms with van der Waals surface area (Å²) in [4.78, 5) is 0. The van der Waals surface area contributed by atoms with Gasteiger partial charge in [-0.05, 0) is 6.92 Å². The molecule has 1 saturated heterocycles. The second-order valence-corrected chi connectivity index (χ2v) is 4.51. The molecular formula is C6H14N2O4S. The molecule has 13 heavy (non-hydrogen) atoms. The van der Waals surface area contributed by atoms with Gasteiger partial charge in [-0.25, -0.2) is 0 Å². The molecule has 0 aliphatic carbocycles. The average molecular weight is 210 g/mol. The predicted octanol–water partition coefficient (Wildman–Crippen LogP) is -1.51. The normalized spacial score (nSPS) is 22.9. The number of rotatable bonds is 3. The van der Waals surface area contributed by atoms with E-state index in [1.54, 1.807) is 0 Å². The van der Waals surface area contributed by atoms with Gasteiger partial charge in [-0.2, -0.15) is 17.4 Å². The molecule has 1 aliphatic rings. The Morgan fingerprint density at radius 1 is 1.46 bits per heavy atom. The van der Waals surface area contributed by atoms with E-state index in [0.29, 0.717) is 26.3 Å². The summed E-state index contributed by atoms with van der Waals surface area (Å²) in [7, 11) is -3.53. The largest absolute Gasteiger partial charge is 0.379 e. The predicted molar refractivity (Wildman–Crippen MR) is 46.1 cm³/mol. The van der Waals surface area contributed by atoms with Gasteiger partial charge in [0.2, 0.25) is 0 Å². The third-order valence-electron chi connectivity index (χ3n) is 1.63. The molecule has 0 saturated carbocycles. The molecule has 0 bridgehead atoms. The van der Waals surface area contributed by atoms with Gasteiger partial charge in [0.15, 0.2) is 0 Å². The molecule has 0 amide bonds. The van der Waals surface area contributed by atoms with Gasteiger partial charge in [0, 0.05) is 13.1 Å². The topological polar surface area (TPSA) is 78.9 Å². The molecule has 78 valence electrons. The smallest absolute Gasteiger partial charge is 0.281 e. The molecule has 1 aliphatic heterocycles. The number of morpholine rings is 1. The van der Waals surface area contributed by atoms with E-state index in [9.17, 15) is 8.42 Å². The fourth-order valence-electron chi connectivity index (χ4n) is 1.08. The van der Waals surface area contributed by atoms with Crippen LogP contribution in [0.15, 0.2) is 0 Å². The van der Waals surface area contributed by atoms with Gasteiger partial charge < -0.3 is 9.84 Å². The minimum absolute atomic E-state index is 0.335. The number of nitrogens with one attached hydrogen (secondary N) is 1. The lowest BCUT2D eigenvalue weighted by Gasteiger charge is -2.26. The highest BCUT2D eigenvalue weighted by Crippen LogP contribution is 2.02. The van der Waals surface area contributed by atoms with Crippen LogP contribution in [-0.4, -0.2) is 50.4 Å². The van der Waals surface area contributed by atoms with Crippen molar-refractivity contribution >= 4 is 10.2 Å². The molecule has 1 unspecified atom stereocenters. The van der Waals surface area contributed by atoms with Crippen LogP contribution in [0, 0.1) is 0 Å². The van der Waals surface area contributed by atoms with Crippen LogP contribution in [0.3, 0.4) is 0 Å². The molecule has 0 aromatic heterocycles. The summed E-state index contributed by atoms with van der Waals surface area (Å²) in [5.41, 5.74) is 0. The van der Waals surface area contributed by atoms with Crippen LogP contribution in [0.5, 0.6) is 0 Å². The maximum atomic E-state index is 11.4. The summed E-state index contributed by atoms with van der Waals surface area (Å²) >= 11 is 0. The van der Waals surface area contributed by atoms with Gasteiger partial charge in [-0.1, -0.05) is 0 Å². The molecule has 1 rings (SSSR count). The lowest BCUT2D eigenvalue weighted by atomic mass is 10.5. The average Bonchev–Trinajstić information content (AvgIpc) is 2.04. The molecule has 0 aromatic carbocycles. The lowest BCUT2D eigenvalue weighted by molar-refractivity contribution is 0.0710. The molecular weight excluding hydrogens is 196 g/mol. The Kier molecular flexibility index (Phi) is 3.63. The number of hydrogen-bond donors (Lipinski definition) is 2. The monoisotopic (exact) mass is 210 g/mol. The number of ether oxygens (including phenoxy) is 1. The van der Waals surface area contributed by atoms with Gasteiger partial charge >= 0.3 is 0 Å². The van der Waals surface area contributed by atoms with Gasteiger partial charge in [-0.3, -0.25) is 0 Å². The van der Waals surface area contributed by atoms with Gasteiger partial charge in [-0.15, -0.1) is 0 Å². The third kappa shape index (κ3) is 3.20. The van der Waals surface area contributed by atoms with E-state index >= 15 is 0 Å². The minimum atomic E-state index is -3.53. The summed E-state index contributed by atoms with van der Waals surface area (Å²) < 4.78 is 31.1. The summed E-state index contributed by atoms with van der Waals surface area (Å²) in [6.07, 6.45) is -1.06. The van der Waals surface area contributed by atoms with Crippen molar-refractivity contribution in [3.05, 3.63) is 0 Å². The molecule has 0 radical (unpaired) electrons. The molecule has 0 aromatic rings. The minimum Gasteiger partial charge on any atom is -0.379 e. The van der Waals surface area contributed by atoms with Crippen LogP contribution in [-0.2, 0) is 14.9 Å². The molecule has 2 N–H and O–H groups in total. The zero-order valence-electron chi connectivity index (χ0n) is 7.43. The van der Waals surface area contributed by atoms with Crippen molar-refractivity contribution in [1.82, 2.24) is 9.03 Å². The first kappa shape index (κ1) is 10.9. The Morgan fingerprint density at radius 3 is 2.46 bits per heavy atom. The Balaban J connectivity index is 2.57. The second kappa shape index (κ2) is 4.34. The third-order valence-corrected chi connectivity index (χ3v) is 3.31. The first-order chi connectivity index (χ1) is 6.02. The summed E-state index contributed by atoms with van der Waals surface area (Å²) in [6.45, 7) is 2.84. The van der Waals surface area contributed by atoms with Crippen molar-refractivity contribution in [2.75, 3.05) is 26.3 Å². The Hall–Kier alpha value is -0.210. The van der Waals surface area contributed by atoms with E-state index in [2.05, 4.69) is 4.72 Å². The fraction of sp³-hybridized carbons (Fsp3) is 1.00. The van der Waals surface area contributed by atoms with Crippen molar-refractivity contribution in [1.29, 1.82) is 0 Å². The maximum absolute atomic E-state index is 11.4. The van der Waals surface area contributed by atoms with Crippen molar-refractivity contribution < 1.29 is 18.3 Å². The Bertz CT molecular complexity index is 245. The van der Waals surface area contributed by atoms with E-state index in [1.807, 2.05) is 0 Å². The second-order valence-electron chi connectivity index (χ2n) is 2.81. The zero-order valence-corrected chi connectivity index (χ0v) is 8.25. The molecule has 1 atom stereocenters. The summed E-state index contributed by atoms with van der Waals surface area (Å²) in [6, 6.07) is 0. The molecule has 7 heteroatoms. The molecule has 1 fully saturated rings. The zero-order chi connectivity index (χ0) is 9.90. The van der Waals surface area contributed by atoms with Crippen molar-refractivity contribution in [2.24, 2.45) is 0 Å². The lowest BCUT2D eigenvalue weighted by Crippen LogP contribution is -2.48. The first-order valence-corrected chi connectivity index (χ1v) is 5.49. The van der Waals surface area contributed by atoms with Crippen molar-refractivity contribution in [3.63, 3.8) is 0 Å². The van der Waals surface area contributed by atoms with Gasteiger partial charge in [0.05, 0.1) is 13.2 Å². The van der Waals surface area contributed by atoms with E-state index < -0.39 is 16.4 Å². The maximum Gasteiger partial charge on any atom is 0.281 e. The number of hydrogen-bond acceptors (Lipinski definition) is 4. The van der Waals surface area contributed by atoms with Gasteiger partial charge in [0.1, 0.15) is 6.23 Å². The van der Waals surface area contributed by atoms with Gasteiger partial charge in [0.25, 0.3) is 10.2 Å².